The third kappa shape index (κ3) is 4.14. The van der Waals surface area contributed by atoms with Crippen LogP contribution < -0.4 is 5.32 Å². The molecular weight excluding hydrogens is 326 g/mol. The third-order valence-electron chi connectivity index (χ3n) is 3.50. The van der Waals surface area contributed by atoms with Crippen molar-refractivity contribution < 1.29 is 9.90 Å². The van der Waals surface area contributed by atoms with Crippen molar-refractivity contribution in [3.05, 3.63) is 28.2 Å². The second-order valence-corrected chi connectivity index (χ2v) is 6.63. The normalized spacial score (nSPS) is 11.4. The molecule has 1 aromatic rings. The Morgan fingerprint density at radius 3 is 2.53 bits per heavy atom. The number of hydrogen-bond acceptors (Lipinski definition) is 3. The lowest BCUT2D eigenvalue weighted by Gasteiger charge is -2.29. The Morgan fingerprint density at radius 1 is 1.42 bits per heavy atom. The fourth-order valence-corrected chi connectivity index (χ4v) is 3.04. The molecule has 0 aliphatic rings. The van der Waals surface area contributed by atoms with Gasteiger partial charge in [-0.2, -0.15) is 11.8 Å². The number of amides is 1. The summed E-state index contributed by atoms with van der Waals surface area (Å²) in [5, 5.41) is 12.7. The molecule has 0 aliphatic carbocycles. The summed E-state index contributed by atoms with van der Waals surface area (Å²) in [6, 6.07) is 4.89. The van der Waals surface area contributed by atoms with Crippen LogP contribution in [0.15, 0.2) is 22.7 Å². The number of phenols is 1. The lowest BCUT2D eigenvalue weighted by atomic mass is 10.0. The van der Waals surface area contributed by atoms with E-state index in [1.807, 2.05) is 0 Å². The summed E-state index contributed by atoms with van der Waals surface area (Å²) < 4.78 is 0.822. The number of hydrogen-bond donors (Lipinski definition) is 2. The van der Waals surface area contributed by atoms with Crippen LogP contribution in [0.3, 0.4) is 0 Å². The number of halogens is 1. The smallest absolute Gasteiger partial charge is 0.255 e. The van der Waals surface area contributed by atoms with Crippen LogP contribution in [0.5, 0.6) is 5.75 Å². The molecule has 0 fully saturated rings. The van der Waals surface area contributed by atoms with E-state index < -0.39 is 0 Å². The van der Waals surface area contributed by atoms with E-state index in [0.29, 0.717) is 12.1 Å². The summed E-state index contributed by atoms with van der Waals surface area (Å²) in [6.45, 7) is 4.86. The summed E-state index contributed by atoms with van der Waals surface area (Å²) in [7, 11) is 0. The SMILES string of the molecule is CCC(CC)(CNC(=O)c1ccc(Br)cc1O)SC. The molecule has 0 saturated heterocycles. The van der Waals surface area contributed by atoms with Gasteiger partial charge in [0.2, 0.25) is 0 Å². The van der Waals surface area contributed by atoms with Gasteiger partial charge in [-0.1, -0.05) is 29.8 Å². The number of phenolic OH excluding ortho intramolecular Hbond substituents is 1. The molecule has 0 atom stereocenters. The van der Waals surface area contributed by atoms with Crippen LogP contribution in [0.1, 0.15) is 37.0 Å². The fourth-order valence-electron chi connectivity index (χ4n) is 1.89. The molecule has 0 aliphatic heterocycles. The maximum absolute atomic E-state index is 12.1. The maximum Gasteiger partial charge on any atom is 0.255 e. The minimum atomic E-state index is -0.231. The molecule has 106 valence electrons. The summed E-state index contributed by atoms with van der Waals surface area (Å²) >= 11 is 5.03. The number of carbonyl (C=O) groups is 1. The first-order valence-corrected chi connectivity index (χ1v) is 8.31. The van der Waals surface area contributed by atoms with E-state index >= 15 is 0 Å². The predicted molar refractivity (Wildman–Crippen MR) is 85.0 cm³/mol. The van der Waals surface area contributed by atoms with Gasteiger partial charge in [-0.05, 0) is 37.3 Å². The number of carbonyl (C=O) groups excluding carboxylic acids is 1. The molecule has 2 N–H and O–H groups in total. The maximum atomic E-state index is 12.1. The van der Waals surface area contributed by atoms with Crippen LogP contribution in [-0.4, -0.2) is 28.6 Å². The lowest BCUT2D eigenvalue weighted by Crippen LogP contribution is -2.39. The fraction of sp³-hybridized carbons (Fsp3) is 0.500. The molecule has 1 amide bonds. The molecule has 0 aromatic heterocycles. The molecule has 3 nitrogen and oxygen atoms in total. The van der Waals surface area contributed by atoms with Crippen LogP contribution >= 0.6 is 27.7 Å². The van der Waals surface area contributed by atoms with Crippen LogP contribution in [0.25, 0.3) is 0 Å². The van der Waals surface area contributed by atoms with Crippen LogP contribution in [-0.2, 0) is 0 Å². The minimum absolute atomic E-state index is 0.00498. The Morgan fingerprint density at radius 2 is 2.05 bits per heavy atom. The number of benzene rings is 1. The molecular formula is C14H20BrNO2S. The molecule has 0 saturated carbocycles. The highest BCUT2D eigenvalue weighted by molar-refractivity contribution is 9.10. The Hall–Kier alpha value is -0.680. The second kappa shape index (κ2) is 7.20. The molecule has 0 heterocycles. The van der Waals surface area contributed by atoms with Crippen LogP contribution in [0.2, 0.25) is 0 Å². The Labute approximate surface area is 127 Å². The van der Waals surface area contributed by atoms with Gasteiger partial charge in [-0.15, -0.1) is 0 Å². The van der Waals surface area contributed by atoms with Gasteiger partial charge in [0.15, 0.2) is 0 Å². The van der Waals surface area contributed by atoms with Crippen molar-refractivity contribution in [2.45, 2.75) is 31.4 Å². The molecule has 1 aromatic carbocycles. The Kier molecular flexibility index (Phi) is 6.20. The minimum Gasteiger partial charge on any atom is -0.507 e. The van der Waals surface area contributed by atoms with Crippen molar-refractivity contribution in [3.63, 3.8) is 0 Å². The quantitative estimate of drug-likeness (QED) is 0.824. The third-order valence-corrected chi connectivity index (χ3v) is 5.58. The molecule has 0 unspecified atom stereocenters. The average molecular weight is 346 g/mol. The zero-order chi connectivity index (χ0) is 14.5. The van der Waals surface area contributed by atoms with Gasteiger partial charge in [0.05, 0.1) is 5.56 Å². The summed E-state index contributed by atoms with van der Waals surface area (Å²) in [5.41, 5.74) is 0.311. The van der Waals surface area contributed by atoms with Crippen molar-refractivity contribution in [1.82, 2.24) is 5.32 Å². The first-order valence-electron chi connectivity index (χ1n) is 6.30. The van der Waals surface area contributed by atoms with Gasteiger partial charge in [0.25, 0.3) is 5.91 Å². The summed E-state index contributed by atoms with van der Waals surface area (Å²) in [4.78, 5) is 12.1. The Balaban J connectivity index is 2.75. The molecule has 0 spiro atoms. The van der Waals surface area contributed by atoms with Gasteiger partial charge in [-0.25, -0.2) is 0 Å². The second-order valence-electron chi connectivity index (χ2n) is 4.44. The van der Waals surface area contributed by atoms with Gasteiger partial charge in [0.1, 0.15) is 5.75 Å². The highest BCUT2D eigenvalue weighted by atomic mass is 79.9. The number of nitrogens with one attached hydrogen (secondary N) is 1. The van der Waals surface area contributed by atoms with E-state index in [-0.39, 0.29) is 16.4 Å². The Bertz CT molecular complexity index is 439. The predicted octanol–water partition coefficient (Wildman–Crippen LogP) is 3.81. The van der Waals surface area contributed by atoms with Gasteiger partial charge >= 0.3 is 0 Å². The highest BCUT2D eigenvalue weighted by Gasteiger charge is 2.26. The molecule has 0 radical (unpaired) electrons. The zero-order valence-corrected chi connectivity index (χ0v) is 13.9. The summed E-state index contributed by atoms with van der Waals surface area (Å²) in [6.07, 6.45) is 4.06. The van der Waals surface area contributed by atoms with E-state index in [1.165, 1.54) is 6.07 Å². The van der Waals surface area contributed by atoms with E-state index in [0.717, 1.165) is 17.3 Å². The van der Waals surface area contributed by atoms with E-state index in [2.05, 4.69) is 41.3 Å². The molecule has 1 rings (SSSR count). The van der Waals surface area contributed by atoms with Gasteiger partial charge < -0.3 is 10.4 Å². The van der Waals surface area contributed by atoms with Crippen molar-refractivity contribution in [2.75, 3.05) is 12.8 Å². The molecule has 5 heteroatoms. The van der Waals surface area contributed by atoms with Gasteiger partial charge in [0, 0.05) is 15.8 Å². The standard InChI is InChI=1S/C14H20BrNO2S/c1-4-14(5-2,19-3)9-16-13(18)11-7-6-10(15)8-12(11)17/h6-8,17H,4-5,9H2,1-3H3,(H,16,18). The largest absolute Gasteiger partial charge is 0.507 e. The van der Waals surface area contributed by atoms with E-state index in [9.17, 15) is 9.90 Å². The molecule has 0 bridgehead atoms. The average Bonchev–Trinajstić information content (AvgIpc) is 2.40. The number of thioether (sulfide) groups is 1. The monoisotopic (exact) mass is 345 g/mol. The molecule has 19 heavy (non-hydrogen) atoms. The van der Waals surface area contributed by atoms with Crippen molar-refractivity contribution >= 4 is 33.6 Å². The van der Waals surface area contributed by atoms with E-state index in [1.54, 1.807) is 23.9 Å². The lowest BCUT2D eigenvalue weighted by molar-refractivity contribution is 0.0946. The van der Waals surface area contributed by atoms with Crippen molar-refractivity contribution in [2.24, 2.45) is 0 Å². The zero-order valence-electron chi connectivity index (χ0n) is 11.5. The highest BCUT2D eigenvalue weighted by Crippen LogP contribution is 2.30. The van der Waals surface area contributed by atoms with Crippen molar-refractivity contribution in [1.29, 1.82) is 0 Å². The van der Waals surface area contributed by atoms with Crippen LogP contribution in [0.4, 0.5) is 0 Å². The first-order chi connectivity index (χ1) is 8.98. The topological polar surface area (TPSA) is 49.3 Å². The van der Waals surface area contributed by atoms with Crippen molar-refractivity contribution in [3.8, 4) is 5.75 Å². The van der Waals surface area contributed by atoms with Gasteiger partial charge in [-0.3, -0.25) is 4.79 Å². The summed E-state index contributed by atoms with van der Waals surface area (Å²) in [5.74, 6) is -0.236. The first kappa shape index (κ1) is 16.4. The number of rotatable bonds is 6. The van der Waals surface area contributed by atoms with Crippen LogP contribution in [0, 0.1) is 0 Å². The number of aromatic hydroxyl groups is 1. The van der Waals surface area contributed by atoms with E-state index in [4.69, 9.17) is 0 Å².